The quantitative estimate of drug-likeness (QED) is 0.0588. The van der Waals surface area contributed by atoms with Crippen LogP contribution in [-0.2, 0) is 23.7 Å². The van der Waals surface area contributed by atoms with Crippen molar-refractivity contribution in [1.82, 2.24) is 0 Å². The Morgan fingerprint density at radius 3 is 2.19 bits per heavy atom. The van der Waals surface area contributed by atoms with E-state index >= 15 is 0 Å². The Labute approximate surface area is 302 Å². The molecular weight excluding hydrogens is 724 g/mol. The van der Waals surface area contributed by atoms with E-state index in [1.165, 1.54) is 24.3 Å². The number of carbonyl (C=O) groups is 1. The fourth-order valence-electron chi connectivity index (χ4n) is 5.70. The van der Waals surface area contributed by atoms with E-state index < -0.39 is 126 Å². The fourth-order valence-corrected chi connectivity index (χ4v) is 5.70. The maximum absolute atomic E-state index is 13.7. The number of aliphatic hydroxyl groups is 5. The van der Waals surface area contributed by atoms with Crippen LogP contribution in [0, 0.1) is 0 Å². The highest BCUT2D eigenvalue weighted by Crippen LogP contribution is 2.39. The molecule has 9 atom stereocenters. The molecule has 2 aliphatic rings. The zero-order chi connectivity index (χ0) is 39.0. The maximum atomic E-state index is 13.7. The second-order valence-electron chi connectivity index (χ2n) is 12.3. The Morgan fingerprint density at radius 2 is 1.48 bits per heavy atom. The molecule has 0 bridgehead atoms. The third-order valence-corrected chi connectivity index (χ3v) is 8.58. The average Bonchev–Trinajstić information content (AvgIpc) is 3.12. The number of phenolic OH excluding ortho intramolecular Hbond substituents is 6. The molecular formula is C35H34O19. The topological polar surface area (TPSA) is 316 Å². The van der Waals surface area contributed by atoms with E-state index in [9.17, 15) is 65.8 Å². The molecule has 2 fully saturated rings. The van der Waals surface area contributed by atoms with Crippen LogP contribution < -0.4 is 10.2 Å². The Balaban J connectivity index is 1.23. The van der Waals surface area contributed by atoms with Gasteiger partial charge in [-0.1, -0.05) is 6.07 Å². The van der Waals surface area contributed by atoms with Crippen molar-refractivity contribution in [3.8, 4) is 51.6 Å². The summed E-state index contributed by atoms with van der Waals surface area (Å²) >= 11 is 0. The summed E-state index contributed by atoms with van der Waals surface area (Å²) in [6.45, 7) is -1.19. The lowest BCUT2D eigenvalue weighted by molar-refractivity contribution is -0.308. The third kappa shape index (κ3) is 7.69. The van der Waals surface area contributed by atoms with Gasteiger partial charge in [-0.25, -0.2) is 4.79 Å². The Bertz CT molecular complexity index is 2110. The molecule has 19 nitrogen and oxygen atoms in total. The molecule has 288 valence electrons. The van der Waals surface area contributed by atoms with Gasteiger partial charge in [-0.15, -0.1) is 0 Å². The van der Waals surface area contributed by atoms with Gasteiger partial charge in [0.1, 0.15) is 59.1 Å². The number of benzene rings is 3. The monoisotopic (exact) mass is 758 g/mol. The summed E-state index contributed by atoms with van der Waals surface area (Å²) in [5, 5.41) is 112. The molecule has 19 heteroatoms. The second-order valence-corrected chi connectivity index (χ2v) is 12.3. The minimum atomic E-state index is -2.04. The summed E-state index contributed by atoms with van der Waals surface area (Å²) in [6, 6.07) is 8.85. The van der Waals surface area contributed by atoms with Crippen molar-refractivity contribution in [1.29, 1.82) is 0 Å². The number of hydrogen-bond acceptors (Lipinski definition) is 19. The van der Waals surface area contributed by atoms with Crippen LogP contribution in [0.4, 0.5) is 0 Å². The van der Waals surface area contributed by atoms with Crippen molar-refractivity contribution < 1.29 is 89.1 Å². The molecule has 1 aromatic heterocycles. The molecule has 0 saturated carbocycles. The van der Waals surface area contributed by atoms with Crippen molar-refractivity contribution >= 4 is 23.0 Å². The predicted octanol–water partition coefficient (Wildman–Crippen LogP) is -0.400. The second kappa shape index (κ2) is 15.4. The summed E-state index contributed by atoms with van der Waals surface area (Å²) < 4.78 is 33.5. The molecule has 11 N–H and O–H groups in total. The van der Waals surface area contributed by atoms with Gasteiger partial charge in [0.15, 0.2) is 41.2 Å². The van der Waals surface area contributed by atoms with Crippen LogP contribution >= 0.6 is 0 Å². The number of aliphatic hydroxyl groups excluding tert-OH is 5. The largest absolute Gasteiger partial charge is 0.508 e. The molecule has 0 aliphatic carbocycles. The van der Waals surface area contributed by atoms with E-state index in [2.05, 4.69) is 0 Å². The molecule has 0 spiro atoms. The van der Waals surface area contributed by atoms with E-state index in [1.54, 1.807) is 0 Å². The summed E-state index contributed by atoms with van der Waals surface area (Å²) in [5.41, 5.74) is -1.17. The number of fused-ring (bicyclic) bond motifs is 1. The standard InChI is InChI=1S/C35H34O19/c36-15-9-20(41)25-22(10-15)51-31(14-3-5-17(38)19(40)8-14)32(28(25)46)54-34-30(48)29(47)27(45)23(52-34)12-50-35-33(26(44)21(42)11-49-35)53-24(43)6-2-13-1-4-16(37)18(39)7-13/h1-10,21,23,26-27,29-30,33-42,44-45,47-48H,11-12H2. The number of carbonyl (C=O) groups excluding carboxylic acids is 1. The Hall–Kier alpha value is -5.64. The molecule has 2 saturated heterocycles. The number of ether oxygens (including phenoxy) is 5. The predicted molar refractivity (Wildman–Crippen MR) is 178 cm³/mol. The minimum absolute atomic E-state index is 0.0697. The fraction of sp³-hybridized carbons (Fsp3) is 0.314. The van der Waals surface area contributed by atoms with Crippen LogP contribution in [0.3, 0.4) is 0 Å². The highest BCUT2D eigenvalue weighted by molar-refractivity contribution is 5.89. The van der Waals surface area contributed by atoms with Crippen LogP contribution in [0.5, 0.6) is 40.2 Å². The zero-order valence-electron chi connectivity index (χ0n) is 27.6. The van der Waals surface area contributed by atoms with Crippen LogP contribution in [-0.4, -0.2) is 131 Å². The third-order valence-electron chi connectivity index (χ3n) is 8.58. The van der Waals surface area contributed by atoms with Gasteiger partial charge < -0.3 is 84.3 Å². The summed E-state index contributed by atoms with van der Waals surface area (Å²) in [7, 11) is 0. The number of hydrogen-bond donors (Lipinski definition) is 11. The van der Waals surface area contributed by atoms with Crippen molar-refractivity contribution in [2.75, 3.05) is 13.2 Å². The van der Waals surface area contributed by atoms with E-state index in [4.69, 9.17) is 28.1 Å². The number of rotatable bonds is 9. The molecule has 2 aliphatic heterocycles. The molecule has 0 radical (unpaired) electrons. The first kappa shape index (κ1) is 38.1. The first-order valence-electron chi connectivity index (χ1n) is 16.0. The molecule has 54 heavy (non-hydrogen) atoms. The normalized spacial score (nSPS) is 27.2. The SMILES string of the molecule is O=C(C=Cc1ccc(O)c(O)c1)OC1C(OCC2OC(Oc3c(-c4ccc(O)c(O)c4)oc4cc(O)cc(O)c4c3=O)C(O)C(O)C2O)OCC(O)C1O. The number of phenols is 6. The van der Waals surface area contributed by atoms with Crippen LogP contribution in [0.25, 0.3) is 28.4 Å². The van der Waals surface area contributed by atoms with Gasteiger partial charge in [0.25, 0.3) is 0 Å². The minimum Gasteiger partial charge on any atom is -0.508 e. The van der Waals surface area contributed by atoms with Gasteiger partial charge >= 0.3 is 5.97 Å². The van der Waals surface area contributed by atoms with Gasteiger partial charge in [-0.2, -0.15) is 0 Å². The molecule has 4 aromatic rings. The van der Waals surface area contributed by atoms with Crippen molar-refractivity contribution in [3.63, 3.8) is 0 Å². The van der Waals surface area contributed by atoms with Crippen LogP contribution in [0.1, 0.15) is 5.56 Å². The van der Waals surface area contributed by atoms with E-state index in [0.717, 1.165) is 36.4 Å². The van der Waals surface area contributed by atoms with Crippen LogP contribution in [0.15, 0.2) is 63.8 Å². The highest BCUT2D eigenvalue weighted by atomic mass is 16.7. The molecule has 3 aromatic carbocycles. The molecule has 9 unspecified atom stereocenters. The Morgan fingerprint density at radius 1 is 0.778 bits per heavy atom. The van der Waals surface area contributed by atoms with Gasteiger partial charge in [-0.3, -0.25) is 4.79 Å². The van der Waals surface area contributed by atoms with E-state index in [1.807, 2.05) is 0 Å². The summed E-state index contributed by atoms with van der Waals surface area (Å²) in [4.78, 5) is 26.4. The van der Waals surface area contributed by atoms with Crippen molar-refractivity contribution in [2.24, 2.45) is 0 Å². The average molecular weight is 759 g/mol. The number of aromatic hydroxyl groups is 6. The highest BCUT2D eigenvalue weighted by Gasteiger charge is 2.48. The summed E-state index contributed by atoms with van der Waals surface area (Å²) in [6.07, 6.45) is -13.9. The maximum Gasteiger partial charge on any atom is 0.331 e. The lowest BCUT2D eigenvalue weighted by atomic mass is 9.99. The molecule has 0 amide bonds. The molecule has 6 rings (SSSR count). The van der Waals surface area contributed by atoms with Gasteiger partial charge in [-0.05, 0) is 42.0 Å². The van der Waals surface area contributed by atoms with E-state index in [-0.39, 0.29) is 16.9 Å². The number of esters is 1. The summed E-state index contributed by atoms with van der Waals surface area (Å²) in [5.74, 6) is -5.43. The lowest BCUT2D eigenvalue weighted by Crippen LogP contribution is -2.61. The van der Waals surface area contributed by atoms with Crippen molar-refractivity contribution in [2.45, 2.75) is 55.3 Å². The van der Waals surface area contributed by atoms with Gasteiger partial charge in [0.2, 0.25) is 17.5 Å². The first-order valence-corrected chi connectivity index (χ1v) is 16.0. The van der Waals surface area contributed by atoms with Crippen LogP contribution in [0.2, 0.25) is 0 Å². The zero-order valence-corrected chi connectivity index (χ0v) is 27.6. The molecule has 3 heterocycles. The van der Waals surface area contributed by atoms with E-state index in [0.29, 0.717) is 5.56 Å². The Kier molecular flexibility index (Phi) is 10.8. The van der Waals surface area contributed by atoms with Crippen molar-refractivity contribution in [3.05, 3.63) is 70.4 Å². The first-order chi connectivity index (χ1) is 25.6. The smallest absolute Gasteiger partial charge is 0.331 e. The van der Waals surface area contributed by atoms with Gasteiger partial charge in [0, 0.05) is 23.8 Å². The van der Waals surface area contributed by atoms with Gasteiger partial charge in [0.05, 0.1) is 13.2 Å². The lowest BCUT2D eigenvalue weighted by Gasteiger charge is -2.41.